The Kier molecular flexibility index (Phi) is 5.87. The van der Waals surface area contributed by atoms with Crippen LogP contribution in [0.3, 0.4) is 0 Å². The number of aliphatic hydroxyl groups is 1. The van der Waals surface area contributed by atoms with Crippen LogP contribution in [0.1, 0.15) is 13.8 Å². The van der Waals surface area contributed by atoms with Crippen LogP contribution in [0.2, 0.25) is 0 Å². The molecule has 0 bridgehead atoms. The molecule has 32 heavy (non-hydrogen) atoms. The summed E-state index contributed by atoms with van der Waals surface area (Å²) in [6.45, 7) is 10.0. The van der Waals surface area contributed by atoms with Gasteiger partial charge in [-0.25, -0.2) is 0 Å². The summed E-state index contributed by atoms with van der Waals surface area (Å²) < 4.78 is 91.7. The van der Waals surface area contributed by atoms with Crippen molar-refractivity contribution in [3.8, 4) is 0 Å². The number of hydrogen-bond acceptors (Lipinski definition) is 3. The maximum atomic E-state index is 14.5. The highest BCUT2D eigenvalue weighted by molar-refractivity contribution is 5.80. The third-order valence-electron chi connectivity index (χ3n) is 6.22. The summed E-state index contributed by atoms with van der Waals surface area (Å²) in [5, 5.41) is 9.97. The molecule has 1 fully saturated rings. The molecule has 1 aliphatic heterocycles. The average Bonchev–Trinajstić information content (AvgIpc) is 2.93. The number of alkyl halides is 6. The standard InChI is InChI=1S/C23H22F6O3/c1-11(2)18-9-14(5-7-16(18)12(3)30)21(22(24,25)26,23(27,28)29)15-6-8-17-19(10-15)13(4)32-20(17)31/h5-10,12,16-19,30H,1,4H2,2-3H3. The third kappa shape index (κ3) is 3.56. The number of hydrogen-bond donors (Lipinski definition) is 1. The number of aliphatic hydroxyl groups excluding tert-OH is 1. The van der Waals surface area contributed by atoms with E-state index in [4.69, 9.17) is 4.74 Å². The molecular weight excluding hydrogens is 438 g/mol. The molecule has 0 aromatic carbocycles. The molecule has 0 spiro atoms. The van der Waals surface area contributed by atoms with Crippen LogP contribution in [0.15, 0.2) is 72.1 Å². The summed E-state index contributed by atoms with van der Waals surface area (Å²) in [7, 11) is 0. The highest BCUT2D eigenvalue weighted by Crippen LogP contribution is 2.62. The van der Waals surface area contributed by atoms with Crippen molar-refractivity contribution in [3.05, 3.63) is 72.1 Å². The first-order valence-corrected chi connectivity index (χ1v) is 9.81. The molecule has 0 saturated carbocycles. The fourth-order valence-electron chi connectivity index (χ4n) is 4.57. The average molecular weight is 460 g/mol. The lowest BCUT2D eigenvalue weighted by atomic mass is 9.65. The summed E-state index contributed by atoms with van der Waals surface area (Å²) in [4.78, 5) is 11.8. The van der Waals surface area contributed by atoms with Crippen molar-refractivity contribution in [2.45, 2.75) is 32.3 Å². The zero-order chi connectivity index (χ0) is 24.2. The first kappa shape index (κ1) is 24.1. The number of fused-ring (bicyclic) bond motifs is 1. The molecule has 1 N–H and O–H groups in total. The first-order chi connectivity index (χ1) is 14.6. The van der Waals surface area contributed by atoms with E-state index in [1.165, 1.54) is 13.8 Å². The molecule has 3 rings (SSSR count). The van der Waals surface area contributed by atoms with Gasteiger partial charge < -0.3 is 9.84 Å². The molecule has 0 radical (unpaired) electrons. The van der Waals surface area contributed by atoms with E-state index in [2.05, 4.69) is 13.2 Å². The van der Waals surface area contributed by atoms with Gasteiger partial charge in [-0.3, -0.25) is 4.79 Å². The Balaban J connectivity index is 2.27. The van der Waals surface area contributed by atoms with E-state index in [1.54, 1.807) is 0 Å². The predicted molar refractivity (Wildman–Crippen MR) is 105 cm³/mol. The van der Waals surface area contributed by atoms with Crippen LogP contribution in [-0.4, -0.2) is 29.5 Å². The topological polar surface area (TPSA) is 46.5 Å². The zero-order valence-corrected chi connectivity index (χ0v) is 17.3. The van der Waals surface area contributed by atoms with Crippen molar-refractivity contribution in [1.82, 2.24) is 0 Å². The van der Waals surface area contributed by atoms with Crippen molar-refractivity contribution in [1.29, 1.82) is 0 Å². The highest BCUT2D eigenvalue weighted by Gasteiger charge is 2.74. The summed E-state index contributed by atoms with van der Waals surface area (Å²) in [5.41, 5.74) is -6.13. The molecule has 2 aliphatic carbocycles. The minimum Gasteiger partial charge on any atom is -0.431 e. The van der Waals surface area contributed by atoms with Gasteiger partial charge in [0.25, 0.3) is 0 Å². The summed E-state index contributed by atoms with van der Waals surface area (Å²) in [5.74, 6) is -4.81. The van der Waals surface area contributed by atoms with E-state index in [0.29, 0.717) is 11.6 Å². The van der Waals surface area contributed by atoms with Gasteiger partial charge in [0.2, 0.25) is 5.41 Å². The normalized spacial score (nSPS) is 29.3. The molecule has 1 heterocycles. The van der Waals surface area contributed by atoms with Gasteiger partial charge in [0, 0.05) is 11.8 Å². The molecule has 0 aromatic rings. The van der Waals surface area contributed by atoms with Crippen molar-refractivity contribution in [3.63, 3.8) is 0 Å². The maximum Gasteiger partial charge on any atom is 0.411 e. The molecule has 3 aliphatic rings. The van der Waals surface area contributed by atoms with Gasteiger partial charge in [-0.15, -0.1) is 0 Å². The fraction of sp³-hybridized carbons (Fsp3) is 0.435. The third-order valence-corrected chi connectivity index (χ3v) is 6.22. The van der Waals surface area contributed by atoms with Gasteiger partial charge in [0.1, 0.15) is 5.76 Å². The van der Waals surface area contributed by atoms with Crippen molar-refractivity contribution >= 4 is 5.97 Å². The molecule has 1 saturated heterocycles. The Morgan fingerprint density at radius 1 is 1.03 bits per heavy atom. The fourth-order valence-corrected chi connectivity index (χ4v) is 4.57. The summed E-state index contributed by atoms with van der Waals surface area (Å²) in [6, 6.07) is 0. The quantitative estimate of drug-likeness (QED) is 0.338. The molecule has 5 atom stereocenters. The molecule has 3 nitrogen and oxygen atoms in total. The SMILES string of the molecule is C=C1OC(=O)C2C=CC(C(C3=CC(C(=C)C)C(C(C)O)C=C3)(C(F)(F)F)C(F)(F)F)=CC12. The molecule has 0 aromatic heterocycles. The number of esters is 1. The van der Waals surface area contributed by atoms with Crippen LogP contribution < -0.4 is 0 Å². The van der Waals surface area contributed by atoms with Gasteiger partial charge in [-0.1, -0.05) is 55.2 Å². The van der Waals surface area contributed by atoms with Crippen molar-refractivity contribution in [2.24, 2.45) is 29.1 Å². The Morgan fingerprint density at radius 2 is 1.56 bits per heavy atom. The van der Waals surface area contributed by atoms with Gasteiger partial charge >= 0.3 is 18.3 Å². The lowest BCUT2D eigenvalue weighted by molar-refractivity contribution is -0.309. The summed E-state index contributed by atoms with van der Waals surface area (Å²) >= 11 is 0. The number of allylic oxidation sites excluding steroid dienone is 7. The van der Waals surface area contributed by atoms with E-state index in [-0.39, 0.29) is 5.76 Å². The first-order valence-electron chi connectivity index (χ1n) is 9.81. The number of rotatable bonds is 4. The second kappa shape index (κ2) is 7.79. The lowest BCUT2D eigenvalue weighted by Crippen LogP contribution is -2.53. The summed E-state index contributed by atoms with van der Waals surface area (Å²) in [6.07, 6.45) is -7.30. The minimum absolute atomic E-state index is 0.206. The number of carbonyl (C=O) groups is 1. The molecule has 5 unspecified atom stereocenters. The Bertz CT molecular complexity index is 947. The van der Waals surface area contributed by atoms with Gasteiger partial charge in [0.05, 0.1) is 17.9 Å². The van der Waals surface area contributed by atoms with E-state index >= 15 is 0 Å². The molecule has 9 heteroatoms. The Morgan fingerprint density at radius 3 is 2.06 bits per heavy atom. The zero-order valence-electron chi connectivity index (χ0n) is 17.3. The lowest BCUT2D eigenvalue weighted by Gasteiger charge is -2.43. The van der Waals surface area contributed by atoms with Crippen LogP contribution in [0.4, 0.5) is 26.3 Å². The van der Waals surface area contributed by atoms with Crippen LogP contribution >= 0.6 is 0 Å². The molecule has 0 amide bonds. The van der Waals surface area contributed by atoms with E-state index in [0.717, 1.165) is 30.4 Å². The van der Waals surface area contributed by atoms with Crippen LogP contribution in [0.5, 0.6) is 0 Å². The van der Waals surface area contributed by atoms with Crippen molar-refractivity contribution < 1.29 is 41.0 Å². The number of carbonyl (C=O) groups excluding carboxylic acids is 1. The van der Waals surface area contributed by atoms with Gasteiger partial charge in [0.15, 0.2) is 0 Å². The van der Waals surface area contributed by atoms with E-state index < -0.39 is 64.7 Å². The molecular formula is C23H22F6O3. The van der Waals surface area contributed by atoms with Gasteiger partial charge in [-0.05, 0) is 25.0 Å². The van der Waals surface area contributed by atoms with Crippen LogP contribution in [0, 0.1) is 29.1 Å². The predicted octanol–water partition coefficient (Wildman–Crippen LogP) is 5.58. The van der Waals surface area contributed by atoms with Gasteiger partial charge in [-0.2, -0.15) is 26.3 Å². The monoisotopic (exact) mass is 460 g/mol. The second-order valence-corrected chi connectivity index (χ2v) is 8.34. The van der Waals surface area contributed by atoms with Crippen molar-refractivity contribution in [2.75, 3.05) is 0 Å². The highest BCUT2D eigenvalue weighted by atomic mass is 19.4. The largest absolute Gasteiger partial charge is 0.431 e. The Labute approximate surface area is 181 Å². The number of halogens is 6. The Hall–Kier alpha value is -2.55. The van der Waals surface area contributed by atoms with Crippen LogP contribution in [-0.2, 0) is 9.53 Å². The number of cyclic esters (lactones) is 1. The van der Waals surface area contributed by atoms with E-state index in [9.17, 15) is 36.2 Å². The minimum atomic E-state index is -5.77. The number of ether oxygens (including phenoxy) is 1. The van der Waals surface area contributed by atoms with Crippen LogP contribution in [0.25, 0.3) is 0 Å². The molecule has 174 valence electrons. The second-order valence-electron chi connectivity index (χ2n) is 8.34. The van der Waals surface area contributed by atoms with E-state index in [1.807, 2.05) is 0 Å². The maximum absolute atomic E-state index is 14.5. The smallest absolute Gasteiger partial charge is 0.411 e.